The number of hydrogen-bond donors (Lipinski definition) is 2. The molecule has 1 fully saturated rings. The largest absolute Gasteiger partial charge is 0.394 e. The van der Waals surface area contributed by atoms with E-state index in [2.05, 4.69) is 9.88 Å². The van der Waals surface area contributed by atoms with Crippen molar-refractivity contribution in [3.63, 3.8) is 0 Å². The lowest BCUT2D eigenvalue weighted by Crippen LogP contribution is -2.54. The van der Waals surface area contributed by atoms with Gasteiger partial charge in [-0.05, 0) is 26.8 Å². The molecule has 2 heterocycles. The van der Waals surface area contributed by atoms with Crippen molar-refractivity contribution in [2.24, 2.45) is 5.73 Å². The van der Waals surface area contributed by atoms with Crippen LogP contribution in [-0.4, -0.2) is 41.5 Å². The maximum Gasteiger partial charge on any atom is 0.133 e. The third-order valence-corrected chi connectivity index (χ3v) is 3.30. The summed E-state index contributed by atoms with van der Waals surface area (Å²) >= 11 is 0. The van der Waals surface area contributed by atoms with Gasteiger partial charge in [-0.25, -0.2) is 4.98 Å². The number of ether oxygens (including phenoxy) is 1. The predicted octanol–water partition coefficient (Wildman–Crippen LogP) is 0.825. The predicted molar refractivity (Wildman–Crippen MR) is 75.1 cm³/mol. The van der Waals surface area contributed by atoms with Gasteiger partial charge < -0.3 is 20.5 Å². The molecule has 0 aromatic carbocycles. The summed E-state index contributed by atoms with van der Waals surface area (Å²) in [6, 6.07) is 3.99. The first-order valence-electron chi connectivity index (χ1n) is 6.65. The number of hydrogen-bond acceptors (Lipinski definition) is 5. The second kappa shape index (κ2) is 5.45. The number of aliphatic hydroxyl groups excluding tert-OH is 1. The number of nitrogens with zero attached hydrogens (tertiary/aromatic N) is 2. The molecule has 1 aromatic rings. The molecule has 5 nitrogen and oxygen atoms in total. The van der Waals surface area contributed by atoms with Gasteiger partial charge in [0.15, 0.2) is 0 Å². The molecule has 19 heavy (non-hydrogen) atoms. The number of morpholine rings is 1. The van der Waals surface area contributed by atoms with Gasteiger partial charge in [0.2, 0.25) is 0 Å². The molecule has 1 aromatic heterocycles. The quantitative estimate of drug-likeness (QED) is 0.847. The van der Waals surface area contributed by atoms with Crippen LogP contribution in [0.25, 0.3) is 0 Å². The molecule has 0 aliphatic carbocycles. The van der Waals surface area contributed by atoms with E-state index >= 15 is 0 Å². The van der Waals surface area contributed by atoms with Gasteiger partial charge in [-0.1, -0.05) is 6.07 Å². The maximum atomic E-state index is 9.37. The molecule has 0 radical (unpaired) electrons. The Labute approximate surface area is 114 Å². The van der Waals surface area contributed by atoms with Crippen LogP contribution < -0.4 is 10.6 Å². The van der Waals surface area contributed by atoms with Crippen molar-refractivity contribution in [2.45, 2.75) is 39.0 Å². The molecule has 5 heteroatoms. The average molecular weight is 265 g/mol. The summed E-state index contributed by atoms with van der Waals surface area (Å²) in [6.45, 7) is 7.89. The van der Waals surface area contributed by atoms with Crippen molar-refractivity contribution in [2.75, 3.05) is 24.6 Å². The van der Waals surface area contributed by atoms with E-state index in [0.29, 0.717) is 13.1 Å². The normalized spacial score (nSPS) is 22.6. The third kappa shape index (κ3) is 3.23. The summed E-state index contributed by atoms with van der Waals surface area (Å²) in [5.74, 6) is 0.914. The Morgan fingerprint density at radius 1 is 1.53 bits per heavy atom. The van der Waals surface area contributed by atoms with E-state index in [9.17, 15) is 5.11 Å². The number of pyridine rings is 1. The monoisotopic (exact) mass is 265 g/mol. The highest BCUT2D eigenvalue weighted by Crippen LogP contribution is 2.27. The Hall–Kier alpha value is -1.17. The van der Waals surface area contributed by atoms with Crippen molar-refractivity contribution < 1.29 is 9.84 Å². The van der Waals surface area contributed by atoms with Crippen LogP contribution in [0, 0.1) is 6.92 Å². The number of anilines is 1. The molecule has 0 spiro atoms. The zero-order valence-electron chi connectivity index (χ0n) is 11.9. The highest BCUT2D eigenvalue weighted by molar-refractivity contribution is 5.48. The minimum absolute atomic E-state index is 0.0176. The zero-order chi connectivity index (χ0) is 14.0. The molecule has 3 N–H and O–H groups in total. The Kier molecular flexibility index (Phi) is 4.08. The number of aromatic nitrogens is 1. The molecular weight excluding hydrogens is 242 g/mol. The van der Waals surface area contributed by atoms with Gasteiger partial charge in [-0.15, -0.1) is 0 Å². The second-order valence-corrected chi connectivity index (χ2v) is 5.70. The third-order valence-electron chi connectivity index (χ3n) is 3.30. The molecular formula is C14H23N3O2. The van der Waals surface area contributed by atoms with Crippen molar-refractivity contribution in [1.29, 1.82) is 0 Å². The molecule has 1 aliphatic heterocycles. The van der Waals surface area contributed by atoms with Crippen LogP contribution in [-0.2, 0) is 11.3 Å². The first kappa shape index (κ1) is 14.2. The van der Waals surface area contributed by atoms with E-state index in [4.69, 9.17) is 10.5 Å². The Balaban J connectivity index is 2.32. The lowest BCUT2D eigenvalue weighted by Gasteiger charge is -2.43. The molecule has 106 valence electrons. The minimum Gasteiger partial charge on any atom is -0.394 e. The molecule has 0 amide bonds. The summed E-state index contributed by atoms with van der Waals surface area (Å²) < 4.78 is 5.83. The van der Waals surface area contributed by atoms with Gasteiger partial charge in [0.25, 0.3) is 0 Å². The highest BCUT2D eigenvalue weighted by Gasteiger charge is 2.34. The van der Waals surface area contributed by atoms with Crippen LogP contribution in [0.15, 0.2) is 12.1 Å². The first-order chi connectivity index (χ1) is 8.95. The van der Waals surface area contributed by atoms with Crippen molar-refractivity contribution in [3.05, 3.63) is 23.4 Å². The summed E-state index contributed by atoms with van der Waals surface area (Å²) in [5.41, 5.74) is 7.49. The molecule has 1 unspecified atom stereocenters. The average Bonchev–Trinajstić information content (AvgIpc) is 2.36. The van der Waals surface area contributed by atoms with Crippen LogP contribution in [0.3, 0.4) is 0 Å². The summed E-state index contributed by atoms with van der Waals surface area (Å²) in [4.78, 5) is 6.78. The molecule has 0 saturated carbocycles. The highest BCUT2D eigenvalue weighted by atomic mass is 16.5. The molecule has 1 aliphatic rings. The smallest absolute Gasteiger partial charge is 0.133 e. The van der Waals surface area contributed by atoms with Crippen LogP contribution in [0.1, 0.15) is 25.1 Å². The van der Waals surface area contributed by atoms with Gasteiger partial charge in [0.05, 0.1) is 18.3 Å². The van der Waals surface area contributed by atoms with E-state index in [1.165, 1.54) is 0 Å². The van der Waals surface area contributed by atoms with E-state index in [0.717, 1.165) is 23.6 Å². The maximum absolute atomic E-state index is 9.37. The summed E-state index contributed by atoms with van der Waals surface area (Å²) in [7, 11) is 0. The lowest BCUT2D eigenvalue weighted by molar-refractivity contribution is -0.101. The fourth-order valence-electron chi connectivity index (χ4n) is 2.56. The topological polar surface area (TPSA) is 71.6 Å². The van der Waals surface area contributed by atoms with Gasteiger partial charge in [-0.2, -0.15) is 0 Å². The molecule has 1 atom stereocenters. The Morgan fingerprint density at radius 3 is 2.89 bits per heavy atom. The van der Waals surface area contributed by atoms with Crippen molar-refractivity contribution in [1.82, 2.24) is 4.98 Å². The fourth-order valence-corrected chi connectivity index (χ4v) is 2.56. The standard InChI is InChI=1S/C14H23N3O2/c1-10-4-5-11(6-15)13(16-10)17-7-12(8-18)19-14(2,3)9-17/h4-5,12,18H,6-9,15H2,1-3H3. The van der Waals surface area contributed by atoms with Gasteiger partial charge in [-0.3, -0.25) is 0 Å². The van der Waals surface area contributed by atoms with Gasteiger partial charge in [0, 0.05) is 30.9 Å². The van der Waals surface area contributed by atoms with Crippen molar-refractivity contribution >= 4 is 5.82 Å². The van der Waals surface area contributed by atoms with E-state index in [1.807, 2.05) is 32.9 Å². The molecule has 2 rings (SSSR count). The van der Waals surface area contributed by atoms with Crippen LogP contribution in [0.4, 0.5) is 5.82 Å². The summed E-state index contributed by atoms with van der Waals surface area (Å²) in [6.07, 6.45) is -0.184. The Bertz CT molecular complexity index is 448. The summed E-state index contributed by atoms with van der Waals surface area (Å²) in [5, 5.41) is 9.37. The molecule has 0 bridgehead atoms. The number of aryl methyl sites for hydroxylation is 1. The molecule has 1 saturated heterocycles. The number of rotatable bonds is 3. The lowest BCUT2D eigenvalue weighted by atomic mass is 10.0. The second-order valence-electron chi connectivity index (χ2n) is 5.70. The van der Waals surface area contributed by atoms with Crippen LogP contribution in [0.5, 0.6) is 0 Å². The Morgan fingerprint density at radius 2 is 2.26 bits per heavy atom. The first-order valence-corrected chi connectivity index (χ1v) is 6.65. The zero-order valence-corrected chi connectivity index (χ0v) is 11.9. The number of nitrogens with two attached hydrogens (primary N) is 1. The minimum atomic E-state index is -0.303. The van der Waals surface area contributed by atoms with E-state index in [-0.39, 0.29) is 18.3 Å². The SMILES string of the molecule is Cc1ccc(CN)c(N2CC(CO)OC(C)(C)C2)n1. The van der Waals surface area contributed by atoms with Crippen LogP contribution >= 0.6 is 0 Å². The van der Waals surface area contributed by atoms with E-state index < -0.39 is 0 Å². The van der Waals surface area contributed by atoms with Gasteiger partial charge in [0.1, 0.15) is 5.82 Å². The van der Waals surface area contributed by atoms with Gasteiger partial charge >= 0.3 is 0 Å². The van der Waals surface area contributed by atoms with E-state index in [1.54, 1.807) is 0 Å². The van der Waals surface area contributed by atoms with Crippen LogP contribution in [0.2, 0.25) is 0 Å². The number of aliphatic hydroxyl groups is 1. The fraction of sp³-hybridized carbons (Fsp3) is 0.643. The van der Waals surface area contributed by atoms with Crippen molar-refractivity contribution in [3.8, 4) is 0 Å².